The van der Waals surface area contributed by atoms with Crippen LogP contribution in [0.3, 0.4) is 0 Å². The van der Waals surface area contributed by atoms with Gasteiger partial charge in [-0.15, -0.1) is 0 Å². The Morgan fingerprint density at radius 2 is 1.33 bits per heavy atom. The highest BCUT2D eigenvalue weighted by Gasteiger charge is 2.36. The highest BCUT2D eigenvalue weighted by atomic mass is 35.5. The Kier molecular flexibility index (Phi) is 10.3. The molecule has 0 aliphatic carbocycles. The summed E-state index contributed by atoms with van der Waals surface area (Å²) in [4.78, 5) is 16.8. The largest absolute Gasteiger partial charge is 0.344 e. The molecule has 2 fully saturated rings. The summed E-state index contributed by atoms with van der Waals surface area (Å²) in [5.74, 6) is -2.39. The lowest BCUT2D eigenvalue weighted by molar-refractivity contribution is 0.355. The number of pyridine rings is 2. The number of nitrogens with zero attached hydrogens (tertiary/aromatic N) is 11. The number of halogens is 7. The molecule has 6 aromatic rings. The second-order valence-electron chi connectivity index (χ2n) is 11.3. The Morgan fingerprint density at radius 1 is 0.745 bits per heavy atom. The van der Waals surface area contributed by atoms with Gasteiger partial charge in [0.25, 0.3) is 0 Å². The van der Waals surface area contributed by atoms with Crippen LogP contribution in [0.15, 0.2) is 61.7 Å². The van der Waals surface area contributed by atoms with Crippen molar-refractivity contribution in [3.8, 4) is 12.1 Å². The lowest BCUT2D eigenvalue weighted by atomic mass is 10.1. The van der Waals surface area contributed by atoms with Crippen LogP contribution in [-0.4, -0.2) is 64.6 Å². The maximum atomic E-state index is 14.5. The molecule has 12 nitrogen and oxygen atoms in total. The first kappa shape index (κ1) is 35.0. The Morgan fingerprint density at radius 3 is 1.92 bits per heavy atom. The average Bonchev–Trinajstić information content (AvgIpc) is 3.91. The van der Waals surface area contributed by atoms with Crippen molar-refractivity contribution >= 4 is 28.7 Å². The number of rotatable bonds is 3. The number of anilines is 1. The number of nitriles is 2. The minimum Gasteiger partial charge on any atom is -0.344 e. The van der Waals surface area contributed by atoms with Gasteiger partial charge in [-0.3, -0.25) is 9.97 Å². The lowest BCUT2D eigenvalue weighted by Gasteiger charge is -2.25. The molecular formula is C32H23ClF6N12. The van der Waals surface area contributed by atoms with Crippen LogP contribution >= 0.6 is 11.6 Å². The maximum Gasteiger partial charge on any atom is 0.184 e. The number of nitrogens with one attached hydrogen (secondary N) is 1. The zero-order valence-corrected chi connectivity index (χ0v) is 26.7. The molecule has 2 aliphatic rings. The molecule has 0 spiro atoms. The first-order valence-corrected chi connectivity index (χ1v) is 15.4. The fraction of sp³-hybridized carbons (Fsp3) is 0.250. The van der Waals surface area contributed by atoms with Gasteiger partial charge in [0.05, 0.1) is 49.8 Å². The summed E-state index contributed by atoms with van der Waals surface area (Å²) < 4.78 is 82.7. The van der Waals surface area contributed by atoms with E-state index in [0.717, 1.165) is 34.9 Å². The summed E-state index contributed by atoms with van der Waals surface area (Å²) in [5, 5.41) is 28.0. The van der Waals surface area contributed by atoms with Gasteiger partial charge in [-0.05, 0) is 29.7 Å². The summed E-state index contributed by atoms with van der Waals surface area (Å²) in [6, 6.07) is 5.75. The van der Waals surface area contributed by atoms with Gasteiger partial charge in [-0.2, -0.15) is 20.7 Å². The first-order chi connectivity index (χ1) is 24.5. The molecule has 0 amide bonds. The molecule has 260 valence electrons. The van der Waals surface area contributed by atoms with Crippen LogP contribution in [0.2, 0.25) is 5.15 Å². The van der Waals surface area contributed by atoms with Crippen molar-refractivity contribution in [3.05, 3.63) is 112 Å². The van der Waals surface area contributed by atoms with E-state index < -0.39 is 35.8 Å². The summed E-state index contributed by atoms with van der Waals surface area (Å²) in [6.07, 6.45) is 8.37. The monoisotopic (exact) mass is 724 g/mol. The van der Waals surface area contributed by atoms with Crippen molar-refractivity contribution in [2.75, 3.05) is 18.0 Å². The predicted molar refractivity (Wildman–Crippen MR) is 169 cm³/mol. The topological polar surface area (TPSA) is 149 Å². The number of alkyl halides is 2. The van der Waals surface area contributed by atoms with E-state index in [-0.39, 0.29) is 58.2 Å². The van der Waals surface area contributed by atoms with Gasteiger partial charge in [-0.1, -0.05) is 11.6 Å². The van der Waals surface area contributed by atoms with Crippen LogP contribution < -0.4 is 10.2 Å². The summed E-state index contributed by atoms with van der Waals surface area (Å²) in [7, 11) is 0. The molecule has 8 heterocycles. The van der Waals surface area contributed by atoms with E-state index >= 15 is 0 Å². The summed E-state index contributed by atoms with van der Waals surface area (Å²) in [5.41, 5.74) is 2.05. The Labute approximate surface area is 289 Å². The second kappa shape index (κ2) is 15.0. The molecule has 1 N–H and O–H groups in total. The zero-order chi connectivity index (χ0) is 36.2. The van der Waals surface area contributed by atoms with E-state index in [4.69, 9.17) is 22.1 Å². The zero-order valence-electron chi connectivity index (χ0n) is 26.0. The van der Waals surface area contributed by atoms with Gasteiger partial charge >= 0.3 is 0 Å². The molecule has 0 aromatic carbocycles. The van der Waals surface area contributed by atoms with E-state index in [1.165, 1.54) is 40.1 Å². The molecule has 2 aliphatic heterocycles. The van der Waals surface area contributed by atoms with Crippen LogP contribution in [0.1, 0.15) is 47.2 Å². The van der Waals surface area contributed by atoms with Crippen molar-refractivity contribution in [3.63, 3.8) is 0 Å². The van der Waals surface area contributed by atoms with Gasteiger partial charge in [0.1, 0.15) is 47.2 Å². The number of hydrogen-bond donors (Lipinski definition) is 1. The third-order valence-electron chi connectivity index (χ3n) is 7.92. The molecule has 4 atom stereocenters. The van der Waals surface area contributed by atoms with E-state index in [1.54, 1.807) is 6.20 Å². The minimum absolute atomic E-state index is 0.0712. The van der Waals surface area contributed by atoms with Crippen LogP contribution in [0.5, 0.6) is 0 Å². The fourth-order valence-corrected chi connectivity index (χ4v) is 5.75. The minimum atomic E-state index is -1.22. The lowest BCUT2D eigenvalue weighted by Crippen LogP contribution is -2.26. The number of aromatic nitrogens is 8. The van der Waals surface area contributed by atoms with Crippen LogP contribution in [0.25, 0.3) is 11.3 Å². The van der Waals surface area contributed by atoms with E-state index in [1.807, 2.05) is 12.1 Å². The van der Waals surface area contributed by atoms with E-state index in [9.17, 15) is 26.3 Å². The van der Waals surface area contributed by atoms with Crippen molar-refractivity contribution in [1.82, 2.24) is 44.5 Å². The van der Waals surface area contributed by atoms with E-state index in [0.29, 0.717) is 18.5 Å². The van der Waals surface area contributed by atoms with Crippen LogP contribution in [-0.2, 0) is 0 Å². The highest BCUT2D eigenvalue weighted by molar-refractivity contribution is 6.29. The maximum absolute atomic E-state index is 14.5. The first-order valence-electron chi connectivity index (χ1n) is 15.1. The predicted octanol–water partition coefficient (Wildman–Crippen LogP) is 5.55. The standard InChI is InChI=1S/C16H11F3N6.C9H10F2N2.C7H2ClFN4/c17-11-1-9(4-21-6-11)14-2-12(18)7-24(14)16-13(19)8-25-15(23-16)10(3-20)5-22-25;10-7-1-6(3-12-4-7)9-2-8(11)5-13-9;8-6-5(9)3-13-7(12-6)4(1-10)2-11-13/h1,4-6,8,12,14H,2,7H2;1,3-4,8-9,13H,2,5H2;2-3H/t12-,14+;8-,9+;/m00./s1. The molecule has 8 rings (SSSR count). The summed E-state index contributed by atoms with van der Waals surface area (Å²) >= 11 is 5.44. The number of fused-ring (bicyclic) bond motifs is 2. The highest BCUT2D eigenvalue weighted by Crippen LogP contribution is 2.38. The van der Waals surface area contributed by atoms with Gasteiger partial charge < -0.3 is 10.2 Å². The molecule has 2 saturated heterocycles. The quantitative estimate of drug-likeness (QED) is 0.182. The molecule has 0 bridgehead atoms. The van der Waals surface area contributed by atoms with Gasteiger partial charge in [0, 0.05) is 31.4 Å². The van der Waals surface area contributed by atoms with Crippen molar-refractivity contribution in [2.24, 2.45) is 0 Å². The van der Waals surface area contributed by atoms with Gasteiger partial charge in [-0.25, -0.2) is 45.3 Å². The fourth-order valence-electron chi connectivity index (χ4n) is 5.62. The molecule has 51 heavy (non-hydrogen) atoms. The summed E-state index contributed by atoms with van der Waals surface area (Å²) in [6.45, 7) is 0.262. The van der Waals surface area contributed by atoms with Crippen molar-refractivity contribution in [1.29, 1.82) is 10.5 Å². The second-order valence-corrected chi connectivity index (χ2v) is 11.7. The molecular weight excluding hydrogens is 702 g/mol. The van der Waals surface area contributed by atoms with Crippen LogP contribution in [0.4, 0.5) is 32.2 Å². The Balaban J connectivity index is 0.000000145. The molecule has 19 heteroatoms. The molecule has 0 unspecified atom stereocenters. The molecule has 6 aromatic heterocycles. The average molecular weight is 725 g/mol. The molecule has 0 radical (unpaired) electrons. The molecule has 0 saturated carbocycles. The third-order valence-corrected chi connectivity index (χ3v) is 8.18. The van der Waals surface area contributed by atoms with Gasteiger partial charge in [0.15, 0.2) is 33.9 Å². The van der Waals surface area contributed by atoms with E-state index in [2.05, 4.69) is 35.5 Å². The normalized spacial score (nSPS) is 19.6. The number of hydrogen-bond acceptors (Lipinski definition) is 10. The third kappa shape index (κ3) is 7.67. The van der Waals surface area contributed by atoms with Crippen LogP contribution in [0, 0.1) is 45.9 Å². The van der Waals surface area contributed by atoms with Crippen molar-refractivity contribution in [2.45, 2.75) is 37.3 Å². The Hall–Kier alpha value is -5.85. The smallest absolute Gasteiger partial charge is 0.184 e. The van der Waals surface area contributed by atoms with Gasteiger partial charge in [0.2, 0.25) is 0 Å². The Bertz CT molecular complexity index is 2290. The SMILES string of the molecule is Fc1cncc([C@H]2C[C@H](F)CN2)c1.N#Cc1cnn2cc(F)c(Cl)nc12.N#Cc1cnn2cc(F)c(N3C[C@@H](F)C[C@@H]3c3cncc(F)c3)nc12. The van der Waals surface area contributed by atoms with Crippen molar-refractivity contribution < 1.29 is 26.3 Å².